The molecule has 1 saturated heterocycles. The molecule has 37 heavy (non-hydrogen) atoms. The lowest BCUT2D eigenvalue weighted by atomic mass is 9.87. The van der Waals surface area contributed by atoms with E-state index in [2.05, 4.69) is 50.3 Å². The molecule has 4 rings (SSSR count). The third-order valence-corrected chi connectivity index (χ3v) is 9.29. The first kappa shape index (κ1) is 27.4. The van der Waals surface area contributed by atoms with Gasteiger partial charge in [-0.05, 0) is 77.6 Å². The Morgan fingerprint density at radius 2 is 1.68 bits per heavy atom. The van der Waals surface area contributed by atoms with Gasteiger partial charge < -0.3 is 9.64 Å². The van der Waals surface area contributed by atoms with Gasteiger partial charge in [-0.1, -0.05) is 39.0 Å². The van der Waals surface area contributed by atoms with Gasteiger partial charge in [0, 0.05) is 25.2 Å². The van der Waals surface area contributed by atoms with Gasteiger partial charge in [0.05, 0.1) is 28.7 Å². The molecule has 0 radical (unpaired) electrons. The normalized spacial score (nSPS) is 14.6. The minimum Gasteiger partial charge on any atom is -0.378 e. The van der Waals surface area contributed by atoms with Crippen molar-refractivity contribution in [3.63, 3.8) is 0 Å². The molecule has 6 nitrogen and oxygen atoms in total. The Morgan fingerprint density at radius 1 is 1.03 bits per heavy atom. The summed E-state index contributed by atoms with van der Waals surface area (Å²) in [5.41, 5.74) is 6.83. The van der Waals surface area contributed by atoms with Crippen LogP contribution in [0.3, 0.4) is 0 Å². The van der Waals surface area contributed by atoms with E-state index < -0.39 is 10.0 Å². The number of hydrogen-bond acceptors (Lipinski definition) is 6. The van der Waals surface area contributed by atoms with Crippen LogP contribution in [0, 0.1) is 20.8 Å². The van der Waals surface area contributed by atoms with Crippen molar-refractivity contribution in [3.8, 4) is 0 Å². The predicted molar refractivity (Wildman–Crippen MR) is 152 cm³/mol. The number of benzene rings is 2. The summed E-state index contributed by atoms with van der Waals surface area (Å²) in [4.78, 5) is 16.4. The van der Waals surface area contributed by atoms with Crippen molar-refractivity contribution in [2.24, 2.45) is 0 Å². The van der Waals surface area contributed by atoms with E-state index in [1.165, 1.54) is 22.6 Å². The molecule has 0 spiro atoms. The van der Waals surface area contributed by atoms with Crippen molar-refractivity contribution < 1.29 is 17.9 Å². The van der Waals surface area contributed by atoms with Crippen LogP contribution < -0.4 is 9.62 Å². The third-order valence-electron chi connectivity index (χ3n) is 6.95. The Labute approximate surface area is 224 Å². The molecule has 0 saturated carbocycles. The van der Waals surface area contributed by atoms with E-state index in [1.54, 1.807) is 23.6 Å². The molecule has 0 unspecified atom stereocenters. The van der Waals surface area contributed by atoms with Crippen molar-refractivity contribution >= 4 is 38.5 Å². The smallest absolute Gasteiger partial charge is 0.261 e. The summed E-state index contributed by atoms with van der Waals surface area (Å²) in [6.07, 6.45) is 0.213. The maximum Gasteiger partial charge on any atom is 0.261 e. The molecule has 0 bridgehead atoms. The average molecular weight is 541 g/mol. The highest BCUT2D eigenvalue weighted by molar-refractivity contribution is 7.92. The van der Waals surface area contributed by atoms with Crippen molar-refractivity contribution in [1.82, 2.24) is 0 Å². The first-order valence-corrected chi connectivity index (χ1v) is 14.9. The second-order valence-corrected chi connectivity index (χ2v) is 13.3. The number of ketones is 1. The van der Waals surface area contributed by atoms with Crippen LogP contribution >= 0.6 is 11.3 Å². The predicted octanol–water partition coefficient (Wildman–Crippen LogP) is 6.03. The molecule has 0 aliphatic carbocycles. The van der Waals surface area contributed by atoms with Crippen LogP contribution in [0.1, 0.15) is 58.3 Å². The highest BCUT2D eigenvalue weighted by atomic mass is 32.2. The van der Waals surface area contributed by atoms with E-state index in [-0.39, 0.29) is 22.5 Å². The van der Waals surface area contributed by atoms with E-state index in [1.807, 2.05) is 19.1 Å². The van der Waals surface area contributed by atoms with Gasteiger partial charge in [-0.3, -0.25) is 9.52 Å². The standard InChI is InChI=1S/C29H36N2O4S2/c1-19-17-20(2)27(31-12-14-35-15-13-31)21(3)24(19)18-26(32)28-25(11-16-36-28)30-37(33,34)23-9-7-22(8-10-23)29(4,5)6/h7-11,16-17,30H,12-15,18H2,1-6H3. The Kier molecular flexibility index (Phi) is 7.83. The summed E-state index contributed by atoms with van der Waals surface area (Å²) >= 11 is 1.26. The fourth-order valence-electron chi connectivity index (χ4n) is 4.94. The molecular weight excluding hydrogens is 504 g/mol. The first-order chi connectivity index (χ1) is 17.4. The molecule has 1 aliphatic rings. The van der Waals surface area contributed by atoms with Crippen LogP contribution in [0.4, 0.5) is 11.4 Å². The minimum absolute atomic E-state index is 0.0729. The number of carbonyl (C=O) groups excluding carboxylic acids is 1. The summed E-state index contributed by atoms with van der Waals surface area (Å²) < 4.78 is 34.4. The van der Waals surface area contributed by atoms with Crippen LogP contribution in [0.5, 0.6) is 0 Å². The topological polar surface area (TPSA) is 75.7 Å². The number of ether oxygens (including phenoxy) is 1. The van der Waals surface area contributed by atoms with Gasteiger partial charge in [0.25, 0.3) is 10.0 Å². The Balaban J connectivity index is 1.58. The average Bonchev–Trinajstić information content (AvgIpc) is 3.29. The molecule has 1 aliphatic heterocycles. The molecule has 3 aromatic rings. The van der Waals surface area contributed by atoms with E-state index in [9.17, 15) is 13.2 Å². The summed E-state index contributed by atoms with van der Waals surface area (Å²) in [5, 5.41) is 1.75. The maximum atomic E-state index is 13.5. The van der Waals surface area contributed by atoms with Crippen molar-refractivity contribution in [2.45, 2.75) is 58.3 Å². The number of sulfonamides is 1. The molecule has 1 N–H and O–H groups in total. The monoisotopic (exact) mass is 540 g/mol. The van der Waals surface area contributed by atoms with Crippen LogP contribution in [-0.2, 0) is 26.6 Å². The number of nitrogens with zero attached hydrogens (tertiary/aromatic N) is 1. The molecule has 8 heteroatoms. The molecule has 2 heterocycles. The number of carbonyl (C=O) groups is 1. The number of rotatable bonds is 7. The van der Waals surface area contributed by atoms with Gasteiger partial charge in [-0.2, -0.15) is 0 Å². The molecule has 2 aromatic carbocycles. The zero-order chi connectivity index (χ0) is 27.0. The first-order valence-electron chi connectivity index (χ1n) is 12.5. The molecule has 1 aromatic heterocycles. The van der Waals surface area contributed by atoms with Gasteiger partial charge >= 0.3 is 0 Å². The molecule has 198 valence electrons. The Bertz CT molecular complexity index is 1390. The number of hydrogen-bond donors (Lipinski definition) is 1. The van der Waals surface area contributed by atoms with Gasteiger partial charge in [0.1, 0.15) is 0 Å². The van der Waals surface area contributed by atoms with Crippen LogP contribution in [0.25, 0.3) is 0 Å². The maximum absolute atomic E-state index is 13.5. The van der Waals surface area contributed by atoms with Crippen LogP contribution in [0.2, 0.25) is 0 Å². The van der Waals surface area contributed by atoms with Gasteiger partial charge in [-0.25, -0.2) is 8.42 Å². The van der Waals surface area contributed by atoms with E-state index in [4.69, 9.17) is 4.74 Å². The van der Waals surface area contributed by atoms with Gasteiger partial charge in [0.2, 0.25) is 0 Å². The number of nitrogens with one attached hydrogen (secondary N) is 1. The second-order valence-electron chi connectivity index (χ2n) is 10.7. The van der Waals surface area contributed by atoms with Gasteiger partial charge in [0.15, 0.2) is 5.78 Å². The fraction of sp³-hybridized carbons (Fsp3) is 0.414. The van der Waals surface area contributed by atoms with E-state index >= 15 is 0 Å². The molecular formula is C29H36N2O4S2. The van der Waals surface area contributed by atoms with Crippen molar-refractivity contribution in [2.75, 3.05) is 35.9 Å². The Hall–Kier alpha value is -2.68. The zero-order valence-electron chi connectivity index (χ0n) is 22.5. The highest BCUT2D eigenvalue weighted by Crippen LogP contribution is 2.33. The zero-order valence-corrected chi connectivity index (χ0v) is 24.1. The third kappa shape index (κ3) is 5.92. The number of Topliss-reactive ketones (excluding diaryl/α,β-unsaturated/α-hetero) is 1. The Morgan fingerprint density at radius 3 is 2.30 bits per heavy atom. The molecule has 0 amide bonds. The van der Waals surface area contributed by atoms with Crippen molar-refractivity contribution in [1.29, 1.82) is 0 Å². The highest BCUT2D eigenvalue weighted by Gasteiger charge is 2.24. The quantitative estimate of drug-likeness (QED) is 0.370. The number of morpholine rings is 1. The second kappa shape index (κ2) is 10.6. The minimum atomic E-state index is -3.83. The summed E-state index contributed by atoms with van der Waals surface area (Å²) in [6.45, 7) is 15.5. The lowest BCUT2D eigenvalue weighted by Crippen LogP contribution is -2.37. The number of thiophene rings is 1. The van der Waals surface area contributed by atoms with E-state index in [0.29, 0.717) is 23.8 Å². The summed E-state index contributed by atoms with van der Waals surface area (Å²) in [7, 11) is -3.83. The van der Waals surface area contributed by atoms with Crippen LogP contribution in [-0.4, -0.2) is 40.5 Å². The lowest BCUT2D eigenvalue weighted by Gasteiger charge is -2.32. The fourth-order valence-corrected chi connectivity index (χ4v) is 6.87. The SMILES string of the molecule is Cc1cc(C)c(N2CCOCC2)c(C)c1CC(=O)c1sccc1NS(=O)(=O)c1ccc(C(C)(C)C)cc1. The van der Waals surface area contributed by atoms with Crippen LogP contribution in [0.15, 0.2) is 46.7 Å². The lowest BCUT2D eigenvalue weighted by molar-refractivity contribution is 0.0997. The number of anilines is 2. The number of aryl methyl sites for hydroxylation is 2. The summed E-state index contributed by atoms with van der Waals surface area (Å²) in [6, 6.07) is 10.7. The molecule has 0 atom stereocenters. The summed E-state index contributed by atoms with van der Waals surface area (Å²) in [5.74, 6) is -0.0984. The molecule has 1 fully saturated rings. The van der Waals surface area contributed by atoms with Crippen molar-refractivity contribution in [3.05, 3.63) is 74.5 Å². The van der Waals surface area contributed by atoms with E-state index in [0.717, 1.165) is 35.3 Å². The van der Waals surface area contributed by atoms with Gasteiger partial charge in [-0.15, -0.1) is 11.3 Å². The largest absolute Gasteiger partial charge is 0.378 e.